The van der Waals surface area contributed by atoms with Crippen molar-refractivity contribution in [1.29, 1.82) is 0 Å². The Labute approximate surface area is 131 Å². The average molecular weight is 309 g/mol. The molecule has 0 saturated carbocycles. The molecule has 0 saturated heterocycles. The highest BCUT2D eigenvalue weighted by Gasteiger charge is 2.22. The molecule has 1 aliphatic rings. The van der Waals surface area contributed by atoms with Crippen LogP contribution in [0.25, 0.3) is 26.1 Å². The maximum Gasteiger partial charge on any atom is 0.181 e. The van der Waals surface area contributed by atoms with Crippen molar-refractivity contribution < 1.29 is 0 Å². The first-order valence-electron chi connectivity index (χ1n) is 7.78. The zero-order chi connectivity index (χ0) is 14.7. The van der Waals surface area contributed by atoms with Crippen LogP contribution in [0.2, 0.25) is 0 Å². The molecule has 4 aromatic rings. The summed E-state index contributed by atoms with van der Waals surface area (Å²) in [5.74, 6) is 0. The quantitative estimate of drug-likeness (QED) is 0.541. The molecule has 0 spiro atoms. The predicted molar refractivity (Wildman–Crippen MR) is 87.5 cm³/mol. The Hall–Kier alpha value is -2.08. The highest BCUT2D eigenvalue weighted by atomic mass is 32.1. The van der Waals surface area contributed by atoms with Crippen molar-refractivity contribution in [3.8, 4) is 0 Å². The van der Waals surface area contributed by atoms with E-state index in [0.29, 0.717) is 0 Å². The third-order valence-corrected chi connectivity index (χ3v) is 5.71. The first-order valence-corrected chi connectivity index (χ1v) is 8.59. The Kier molecular flexibility index (Phi) is 2.52. The Balaban J connectivity index is 2.00. The molecule has 1 aliphatic carbocycles. The third kappa shape index (κ3) is 1.53. The normalized spacial score (nSPS) is 15.0. The maximum absolute atomic E-state index is 4.96. The summed E-state index contributed by atoms with van der Waals surface area (Å²) in [6.45, 7) is 2.20. The van der Waals surface area contributed by atoms with Gasteiger partial charge >= 0.3 is 0 Å². The molecule has 0 aromatic carbocycles. The lowest BCUT2D eigenvalue weighted by Gasteiger charge is -2.19. The van der Waals surface area contributed by atoms with Crippen LogP contribution >= 0.6 is 11.3 Å². The van der Waals surface area contributed by atoms with E-state index in [1.807, 2.05) is 10.7 Å². The lowest BCUT2D eigenvalue weighted by molar-refractivity contribution is 0.679. The van der Waals surface area contributed by atoms with Gasteiger partial charge in [0.2, 0.25) is 0 Å². The van der Waals surface area contributed by atoms with Crippen LogP contribution in [0.15, 0.2) is 12.7 Å². The minimum absolute atomic E-state index is 0.885. The molecular weight excluding hydrogens is 294 g/mol. The number of fused-ring (bicyclic) bond motifs is 7. The van der Waals surface area contributed by atoms with E-state index in [2.05, 4.69) is 22.1 Å². The van der Waals surface area contributed by atoms with Crippen molar-refractivity contribution in [2.24, 2.45) is 0 Å². The van der Waals surface area contributed by atoms with Crippen LogP contribution in [-0.2, 0) is 19.3 Å². The lowest BCUT2D eigenvalue weighted by atomic mass is 9.88. The fourth-order valence-corrected chi connectivity index (χ4v) is 4.79. The number of thiophene rings is 1. The van der Waals surface area contributed by atoms with Gasteiger partial charge in [-0.25, -0.2) is 9.97 Å². The van der Waals surface area contributed by atoms with Gasteiger partial charge < -0.3 is 0 Å². The van der Waals surface area contributed by atoms with Crippen molar-refractivity contribution in [3.05, 3.63) is 29.5 Å². The summed E-state index contributed by atoms with van der Waals surface area (Å²) in [6.07, 6.45) is 9.36. The fourth-order valence-electron chi connectivity index (χ4n) is 3.63. The number of aromatic nitrogens is 5. The van der Waals surface area contributed by atoms with Gasteiger partial charge in [0.05, 0.1) is 5.52 Å². The number of hydrogen-bond acceptors (Lipinski definition) is 5. The first kappa shape index (κ1) is 12.5. The molecule has 0 amide bonds. The maximum atomic E-state index is 4.96. The molecule has 0 N–H and O–H groups in total. The monoisotopic (exact) mass is 309 g/mol. The van der Waals surface area contributed by atoms with Crippen LogP contribution in [0.5, 0.6) is 0 Å². The second-order valence-corrected chi connectivity index (χ2v) is 6.84. The summed E-state index contributed by atoms with van der Waals surface area (Å²) in [5.41, 5.74) is 6.16. The molecule has 5 nitrogen and oxygen atoms in total. The molecule has 110 valence electrons. The van der Waals surface area contributed by atoms with Gasteiger partial charge in [-0.1, -0.05) is 6.92 Å². The molecule has 0 bridgehead atoms. The summed E-state index contributed by atoms with van der Waals surface area (Å²) >= 11 is 1.70. The Bertz CT molecular complexity index is 1030. The summed E-state index contributed by atoms with van der Waals surface area (Å²) in [6, 6.07) is 0. The van der Waals surface area contributed by atoms with Crippen molar-refractivity contribution in [3.63, 3.8) is 0 Å². The van der Waals surface area contributed by atoms with E-state index in [0.717, 1.165) is 40.0 Å². The molecule has 0 atom stereocenters. The summed E-state index contributed by atoms with van der Waals surface area (Å²) in [7, 11) is 0. The molecule has 5 rings (SSSR count). The first-order chi connectivity index (χ1) is 10.9. The number of pyridine rings is 1. The number of rotatable bonds is 1. The average Bonchev–Trinajstić information content (AvgIpc) is 3.17. The Morgan fingerprint density at radius 3 is 2.91 bits per heavy atom. The van der Waals surface area contributed by atoms with Crippen LogP contribution in [0.3, 0.4) is 0 Å². The summed E-state index contributed by atoms with van der Waals surface area (Å²) in [4.78, 5) is 10.8. The topological polar surface area (TPSA) is 56.0 Å². The van der Waals surface area contributed by atoms with Crippen molar-refractivity contribution in [2.45, 2.75) is 39.0 Å². The molecule has 6 heteroatoms. The van der Waals surface area contributed by atoms with Gasteiger partial charge in [0, 0.05) is 11.1 Å². The van der Waals surface area contributed by atoms with Crippen molar-refractivity contribution in [1.82, 2.24) is 24.6 Å². The minimum Gasteiger partial charge on any atom is -0.271 e. The van der Waals surface area contributed by atoms with E-state index in [9.17, 15) is 0 Å². The van der Waals surface area contributed by atoms with Gasteiger partial charge in [0.15, 0.2) is 5.65 Å². The minimum atomic E-state index is 0.885. The lowest BCUT2D eigenvalue weighted by Crippen LogP contribution is -2.08. The smallest absolute Gasteiger partial charge is 0.181 e. The van der Waals surface area contributed by atoms with E-state index < -0.39 is 0 Å². The molecule has 4 aromatic heterocycles. The molecule has 0 unspecified atom stereocenters. The van der Waals surface area contributed by atoms with Crippen LogP contribution in [0.1, 0.15) is 36.6 Å². The summed E-state index contributed by atoms with van der Waals surface area (Å²) in [5, 5.41) is 9.52. The predicted octanol–water partition coefficient (Wildman–Crippen LogP) is 3.33. The molecule has 0 aliphatic heterocycles. The molecule has 0 radical (unpaired) electrons. The Morgan fingerprint density at radius 1 is 1.18 bits per heavy atom. The molecule has 22 heavy (non-hydrogen) atoms. The van der Waals surface area contributed by atoms with E-state index in [4.69, 9.17) is 4.98 Å². The van der Waals surface area contributed by atoms with Gasteiger partial charge in [-0.2, -0.15) is 0 Å². The summed E-state index contributed by atoms with van der Waals surface area (Å²) < 4.78 is 2.98. The highest BCUT2D eigenvalue weighted by Crippen LogP contribution is 2.39. The van der Waals surface area contributed by atoms with Gasteiger partial charge in [-0.05, 0) is 43.2 Å². The van der Waals surface area contributed by atoms with Crippen LogP contribution in [0.4, 0.5) is 0 Å². The third-order valence-electron chi connectivity index (χ3n) is 4.64. The molecule has 0 fully saturated rings. The van der Waals surface area contributed by atoms with Crippen LogP contribution in [-0.4, -0.2) is 24.6 Å². The number of hydrogen-bond donors (Lipinski definition) is 0. The van der Waals surface area contributed by atoms with E-state index >= 15 is 0 Å². The number of nitrogens with zero attached hydrogens (tertiary/aromatic N) is 5. The van der Waals surface area contributed by atoms with Gasteiger partial charge in [-0.15, -0.1) is 21.5 Å². The van der Waals surface area contributed by atoms with Crippen LogP contribution in [0, 0.1) is 0 Å². The second kappa shape index (κ2) is 4.46. The van der Waals surface area contributed by atoms with Crippen LogP contribution < -0.4 is 0 Å². The van der Waals surface area contributed by atoms with E-state index in [-0.39, 0.29) is 0 Å². The SMILES string of the molecule is CCc1nc2sc3c(ncn4cnnc34)c2c2c1CCCC2. The van der Waals surface area contributed by atoms with Crippen molar-refractivity contribution in [2.75, 3.05) is 0 Å². The van der Waals surface area contributed by atoms with Gasteiger partial charge in [0.25, 0.3) is 0 Å². The van der Waals surface area contributed by atoms with Gasteiger partial charge in [-0.3, -0.25) is 4.40 Å². The highest BCUT2D eigenvalue weighted by molar-refractivity contribution is 7.26. The fraction of sp³-hybridized carbons (Fsp3) is 0.375. The van der Waals surface area contributed by atoms with Crippen molar-refractivity contribution >= 4 is 37.4 Å². The van der Waals surface area contributed by atoms with Gasteiger partial charge in [0.1, 0.15) is 22.2 Å². The Morgan fingerprint density at radius 2 is 2.05 bits per heavy atom. The number of aryl methyl sites for hydroxylation is 2. The van der Waals surface area contributed by atoms with E-state index in [1.165, 1.54) is 35.0 Å². The molecular formula is C16H15N5S. The standard InChI is InChI=1S/C16H15N5S/c1-2-11-9-5-3-4-6-10(9)12-13-14(22-16(12)19-11)15-20-18-8-21(15)7-17-13/h7-8H,2-6H2,1H3. The largest absolute Gasteiger partial charge is 0.271 e. The molecule has 4 heterocycles. The zero-order valence-electron chi connectivity index (χ0n) is 12.3. The van der Waals surface area contributed by atoms with E-state index in [1.54, 1.807) is 17.7 Å². The zero-order valence-corrected chi connectivity index (χ0v) is 13.2. The second-order valence-electron chi connectivity index (χ2n) is 5.84.